The number of hydrogen-bond acceptors (Lipinski definition) is 2. The summed E-state index contributed by atoms with van der Waals surface area (Å²) in [7, 11) is 0. The first-order valence-corrected chi connectivity index (χ1v) is 8.29. The van der Waals surface area contributed by atoms with Crippen molar-refractivity contribution in [2.45, 2.75) is 45.1 Å². The van der Waals surface area contributed by atoms with Crippen molar-refractivity contribution < 1.29 is 9.53 Å². The molecule has 1 amide bonds. The first-order chi connectivity index (χ1) is 10.2. The number of nitrogens with zero attached hydrogens (tertiary/aromatic N) is 1. The van der Waals surface area contributed by atoms with E-state index in [-0.39, 0.29) is 11.9 Å². The Kier molecular flexibility index (Phi) is 6.37. The molecule has 0 N–H and O–H groups in total. The van der Waals surface area contributed by atoms with Crippen LogP contribution >= 0.6 is 11.6 Å². The molecule has 2 rings (SSSR count). The van der Waals surface area contributed by atoms with Gasteiger partial charge in [-0.25, -0.2) is 0 Å². The van der Waals surface area contributed by atoms with E-state index >= 15 is 0 Å². The van der Waals surface area contributed by atoms with E-state index < -0.39 is 0 Å². The normalized spacial score (nSPS) is 19.1. The molecule has 4 heteroatoms. The molecule has 3 nitrogen and oxygen atoms in total. The van der Waals surface area contributed by atoms with Crippen molar-refractivity contribution in [1.82, 2.24) is 4.90 Å². The number of hydrogen-bond donors (Lipinski definition) is 0. The second-order valence-corrected chi connectivity index (χ2v) is 5.97. The average Bonchev–Trinajstić information content (AvgIpc) is 2.72. The largest absolute Gasteiger partial charge is 0.493 e. The third kappa shape index (κ3) is 4.92. The highest BCUT2D eigenvalue weighted by molar-refractivity contribution is 6.18. The fourth-order valence-electron chi connectivity index (χ4n) is 2.77. The Morgan fingerprint density at radius 1 is 1.38 bits per heavy atom. The van der Waals surface area contributed by atoms with Crippen LogP contribution in [0, 0.1) is 6.92 Å². The molecule has 0 saturated carbocycles. The van der Waals surface area contributed by atoms with E-state index in [2.05, 4.69) is 0 Å². The number of alkyl halides is 1. The summed E-state index contributed by atoms with van der Waals surface area (Å²) in [5.74, 6) is 1.52. The quantitative estimate of drug-likeness (QED) is 0.775. The minimum Gasteiger partial charge on any atom is -0.493 e. The Balaban J connectivity index is 1.82. The van der Waals surface area contributed by atoms with Gasteiger partial charge in [-0.15, -0.1) is 11.6 Å². The third-order valence-corrected chi connectivity index (χ3v) is 4.31. The molecule has 1 saturated heterocycles. The summed E-state index contributed by atoms with van der Waals surface area (Å²) < 4.78 is 5.67. The molecule has 0 spiro atoms. The lowest BCUT2D eigenvalue weighted by Crippen LogP contribution is -2.41. The third-order valence-electron chi connectivity index (χ3n) is 3.95. The topological polar surface area (TPSA) is 29.5 Å². The predicted molar refractivity (Wildman–Crippen MR) is 86.0 cm³/mol. The van der Waals surface area contributed by atoms with Gasteiger partial charge in [0, 0.05) is 18.5 Å². The number of aryl methyl sites for hydroxylation is 1. The van der Waals surface area contributed by atoms with Gasteiger partial charge in [0.15, 0.2) is 0 Å². The van der Waals surface area contributed by atoms with Gasteiger partial charge >= 0.3 is 0 Å². The van der Waals surface area contributed by atoms with E-state index in [0.29, 0.717) is 18.9 Å². The summed E-state index contributed by atoms with van der Waals surface area (Å²) in [6.45, 7) is 3.29. The molecule has 116 valence electrons. The first-order valence-electron chi connectivity index (χ1n) is 7.75. The fraction of sp³-hybridized carbons (Fsp3) is 0.588. The highest BCUT2D eigenvalue weighted by atomic mass is 35.5. The fourth-order valence-corrected chi connectivity index (χ4v) is 3.09. The van der Waals surface area contributed by atoms with E-state index in [1.54, 1.807) is 0 Å². The Morgan fingerprint density at radius 2 is 2.24 bits per heavy atom. The Morgan fingerprint density at radius 3 is 3.00 bits per heavy atom. The smallest absolute Gasteiger partial charge is 0.226 e. The van der Waals surface area contributed by atoms with Crippen LogP contribution in [0.5, 0.6) is 5.75 Å². The summed E-state index contributed by atoms with van der Waals surface area (Å²) in [6, 6.07) is 8.09. The van der Waals surface area contributed by atoms with Crippen molar-refractivity contribution >= 4 is 17.5 Å². The van der Waals surface area contributed by atoms with Gasteiger partial charge in [-0.1, -0.05) is 25.0 Å². The summed E-state index contributed by atoms with van der Waals surface area (Å²) >= 11 is 6.01. The zero-order valence-corrected chi connectivity index (χ0v) is 13.4. The van der Waals surface area contributed by atoms with E-state index in [1.807, 2.05) is 36.1 Å². The lowest BCUT2D eigenvalue weighted by molar-refractivity contribution is -0.133. The van der Waals surface area contributed by atoms with Gasteiger partial charge in [-0.2, -0.15) is 0 Å². The standard InChI is InChI=1S/C17H24ClNO2/c1-14-6-5-8-16(12-14)21-11-9-17(20)19-10-4-2-3-7-15(19)13-18/h5-6,8,12,15H,2-4,7,9-11,13H2,1H3. The Bertz CT molecular complexity index is 464. The number of carbonyl (C=O) groups excluding carboxylic acids is 1. The van der Waals surface area contributed by atoms with E-state index in [9.17, 15) is 4.79 Å². The van der Waals surface area contributed by atoms with Crippen LogP contribution in [0.25, 0.3) is 0 Å². The summed E-state index contributed by atoms with van der Waals surface area (Å²) in [5, 5.41) is 0. The molecule has 21 heavy (non-hydrogen) atoms. The van der Waals surface area contributed by atoms with Crippen molar-refractivity contribution in [1.29, 1.82) is 0 Å². The molecule has 1 aliphatic heterocycles. The molecule has 1 fully saturated rings. The van der Waals surface area contributed by atoms with Crippen molar-refractivity contribution in [2.24, 2.45) is 0 Å². The van der Waals surface area contributed by atoms with Crippen molar-refractivity contribution in [3.8, 4) is 5.75 Å². The second kappa shape index (κ2) is 8.28. The van der Waals surface area contributed by atoms with Crippen LogP contribution < -0.4 is 4.74 Å². The predicted octanol–water partition coefficient (Wildman–Crippen LogP) is 3.77. The number of likely N-dealkylation sites (tertiary alicyclic amines) is 1. The maximum Gasteiger partial charge on any atom is 0.226 e. The van der Waals surface area contributed by atoms with Crippen molar-refractivity contribution in [2.75, 3.05) is 19.0 Å². The summed E-state index contributed by atoms with van der Waals surface area (Å²) in [4.78, 5) is 14.3. The molecule has 1 aromatic rings. The van der Waals surface area contributed by atoms with E-state index in [0.717, 1.165) is 30.7 Å². The summed E-state index contributed by atoms with van der Waals surface area (Å²) in [6.07, 6.45) is 4.88. The van der Waals surface area contributed by atoms with E-state index in [1.165, 1.54) is 12.8 Å². The molecule has 0 aliphatic carbocycles. The number of ether oxygens (including phenoxy) is 1. The van der Waals surface area contributed by atoms with Crippen LogP contribution in [-0.2, 0) is 4.79 Å². The van der Waals surface area contributed by atoms with Crippen LogP contribution in [0.2, 0.25) is 0 Å². The second-order valence-electron chi connectivity index (χ2n) is 5.66. The highest BCUT2D eigenvalue weighted by Gasteiger charge is 2.24. The number of halogens is 1. The Labute approximate surface area is 132 Å². The van der Waals surface area contributed by atoms with Gasteiger partial charge in [0.2, 0.25) is 5.91 Å². The highest BCUT2D eigenvalue weighted by Crippen LogP contribution is 2.19. The zero-order valence-electron chi connectivity index (χ0n) is 12.7. The van der Waals surface area contributed by atoms with Gasteiger partial charge in [0.1, 0.15) is 5.75 Å². The molecule has 1 aliphatic rings. The average molecular weight is 310 g/mol. The van der Waals surface area contributed by atoms with Gasteiger partial charge in [0.25, 0.3) is 0 Å². The number of amides is 1. The van der Waals surface area contributed by atoms with Gasteiger partial charge in [0.05, 0.1) is 13.0 Å². The summed E-state index contributed by atoms with van der Waals surface area (Å²) in [5.41, 5.74) is 1.16. The minimum absolute atomic E-state index is 0.162. The SMILES string of the molecule is Cc1cccc(OCCC(=O)N2CCCCCC2CCl)c1. The molecular weight excluding hydrogens is 286 g/mol. The maximum atomic E-state index is 12.4. The lowest BCUT2D eigenvalue weighted by atomic mass is 10.1. The minimum atomic E-state index is 0.162. The van der Waals surface area contributed by atoms with Crippen LogP contribution in [0.4, 0.5) is 0 Å². The number of benzene rings is 1. The van der Waals surface area contributed by atoms with Crippen LogP contribution in [-0.4, -0.2) is 35.9 Å². The zero-order chi connectivity index (χ0) is 15.1. The number of carbonyl (C=O) groups is 1. The van der Waals surface area contributed by atoms with Crippen LogP contribution in [0.3, 0.4) is 0 Å². The van der Waals surface area contributed by atoms with Gasteiger partial charge in [-0.3, -0.25) is 4.79 Å². The van der Waals surface area contributed by atoms with Gasteiger partial charge < -0.3 is 9.64 Å². The maximum absolute atomic E-state index is 12.4. The molecule has 0 radical (unpaired) electrons. The molecule has 1 aromatic carbocycles. The molecule has 0 bridgehead atoms. The molecule has 1 heterocycles. The molecule has 1 unspecified atom stereocenters. The van der Waals surface area contributed by atoms with Crippen molar-refractivity contribution in [3.05, 3.63) is 29.8 Å². The monoisotopic (exact) mass is 309 g/mol. The van der Waals surface area contributed by atoms with Crippen molar-refractivity contribution in [3.63, 3.8) is 0 Å². The number of rotatable bonds is 5. The van der Waals surface area contributed by atoms with Crippen LogP contribution in [0.1, 0.15) is 37.7 Å². The van der Waals surface area contributed by atoms with Gasteiger partial charge in [-0.05, 0) is 37.5 Å². The molecule has 0 aromatic heterocycles. The lowest BCUT2D eigenvalue weighted by Gasteiger charge is -2.28. The van der Waals surface area contributed by atoms with E-state index in [4.69, 9.17) is 16.3 Å². The molecular formula is C17H24ClNO2. The van der Waals surface area contributed by atoms with Crippen LogP contribution in [0.15, 0.2) is 24.3 Å². The molecule has 1 atom stereocenters. The first kappa shape index (κ1) is 16.2. The Hall–Kier alpha value is -1.22.